The maximum atomic E-state index is 6.09. The van der Waals surface area contributed by atoms with Gasteiger partial charge in [0, 0.05) is 35.9 Å². The fourth-order valence-electron chi connectivity index (χ4n) is 3.19. The van der Waals surface area contributed by atoms with Crippen LogP contribution in [0.25, 0.3) is 11.4 Å². The highest BCUT2D eigenvalue weighted by atomic mass is 35.5. The Kier molecular flexibility index (Phi) is 5.61. The van der Waals surface area contributed by atoms with E-state index in [2.05, 4.69) is 15.3 Å². The third kappa shape index (κ3) is 4.81. The molecule has 0 radical (unpaired) electrons. The standard InChI is InChI=1S/C21H21ClN4O/c22-17-7-4-8-18(14-17)23-21-25-19(13-15-9-11-27-12-10-15)24-20(26-21)16-5-2-1-3-6-16/h1-8,14-15H,9-13H2,(H,23,24,25,26). The quantitative estimate of drug-likeness (QED) is 0.681. The molecule has 0 unspecified atom stereocenters. The first-order chi connectivity index (χ1) is 13.3. The van der Waals surface area contributed by atoms with E-state index in [1.165, 1.54) is 0 Å². The van der Waals surface area contributed by atoms with Crippen molar-refractivity contribution < 1.29 is 4.74 Å². The number of ether oxygens (including phenoxy) is 1. The minimum atomic E-state index is 0.535. The summed E-state index contributed by atoms with van der Waals surface area (Å²) in [6.07, 6.45) is 2.92. The maximum absolute atomic E-state index is 6.09. The molecule has 0 atom stereocenters. The van der Waals surface area contributed by atoms with E-state index in [4.69, 9.17) is 21.3 Å². The summed E-state index contributed by atoms with van der Waals surface area (Å²) in [5, 5.41) is 3.93. The zero-order valence-corrected chi connectivity index (χ0v) is 15.7. The molecule has 0 bridgehead atoms. The van der Waals surface area contributed by atoms with Gasteiger partial charge >= 0.3 is 0 Å². The number of nitrogens with one attached hydrogen (secondary N) is 1. The highest BCUT2D eigenvalue weighted by molar-refractivity contribution is 6.30. The van der Waals surface area contributed by atoms with Crippen molar-refractivity contribution in [2.24, 2.45) is 5.92 Å². The van der Waals surface area contributed by atoms with Crippen LogP contribution >= 0.6 is 11.6 Å². The normalized spacial score (nSPS) is 14.9. The number of rotatable bonds is 5. The van der Waals surface area contributed by atoms with Crippen molar-refractivity contribution in [1.29, 1.82) is 0 Å². The summed E-state index contributed by atoms with van der Waals surface area (Å²) in [5.41, 5.74) is 1.83. The lowest BCUT2D eigenvalue weighted by molar-refractivity contribution is 0.0660. The topological polar surface area (TPSA) is 59.9 Å². The van der Waals surface area contributed by atoms with Crippen LogP contribution in [0.2, 0.25) is 5.02 Å². The molecule has 138 valence electrons. The van der Waals surface area contributed by atoms with Crippen LogP contribution in [-0.2, 0) is 11.2 Å². The Morgan fingerprint density at radius 1 is 0.963 bits per heavy atom. The molecule has 0 amide bonds. The number of hydrogen-bond donors (Lipinski definition) is 1. The summed E-state index contributed by atoms with van der Waals surface area (Å²) in [7, 11) is 0. The Morgan fingerprint density at radius 3 is 2.56 bits per heavy atom. The second-order valence-electron chi connectivity index (χ2n) is 6.66. The monoisotopic (exact) mass is 380 g/mol. The molecule has 1 saturated heterocycles. The van der Waals surface area contributed by atoms with Crippen molar-refractivity contribution in [3.05, 3.63) is 65.4 Å². The summed E-state index contributed by atoms with van der Waals surface area (Å²) in [4.78, 5) is 14.0. The van der Waals surface area contributed by atoms with E-state index in [0.717, 1.165) is 49.6 Å². The van der Waals surface area contributed by atoms with Gasteiger partial charge in [0.1, 0.15) is 5.82 Å². The highest BCUT2D eigenvalue weighted by Crippen LogP contribution is 2.23. The van der Waals surface area contributed by atoms with Crippen LogP contribution in [0.1, 0.15) is 18.7 Å². The molecule has 4 rings (SSSR count). The number of halogens is 1. The van der Waals surface area contributed by atoms with Crippen LogP contribution in [0, 0.1) is 5.92 Å². The zero-order valence-electron chi connectivity index (χ0n) is 14.9. The molecule has 2 heterocycles. The van der Waals surface area contributed by atoms with Crippen molar-refractivity contribution in [2.75, 3.05) is 18.5 Å². The van der Waals surface area contributed by atoms with E-state index in [-0.39, 0.29) is 0 Å². The summed E-state index contributed by atoms with van der Waals surface area (Å²) < 4.78 is 5.47. The fraction of sp³-hybridized carbons (Fsp3) is 0.286. The molecule has 2 aromatic carbocycles. The lowest BCUT2D eigenvalue weighted by Gasteiger charge is -2.21. The summed E-state index contributed by atoms with van der Waals surface area (Å²) in [6, 6.07) is 17.5. The van der Waals surface area contributed by atoms with Gasteiger partial charge in [0.2, 0.25) is 5.95 Å². The molecular formula is C21H21ClN4O. The van der Waals surface area contributed by atoms with Gasteiger partial charge in [-0.15, -0.1) is 0 Å². The molecule has 3 aromatic rings. The molecule has 1 aliphatic rings. The molecule has 1 fully saturated rings. The second kappa shape index (κ2) is 8.46. The molecule has 1 aromatic heterocycles. The van der Waals surface area contributed by atoms with Crippen LogP contribution < -0.4 is 5.32 Å². The Morgan fingerprint density at radius 2 is 1.78 bits per heavy atom. The van der Waals surface area contributed by atoms with Crippen molar-refractivity contribution in [1.82, 2.24) is 15.0 Å². The van der Waals surface area contributed by atoms with Gasteiger partial charge in [-0.3, -0.25) is 0 Å². The Balaban J connectivity index is 1.65. The predicted octanol–water partition coefficient (Wildman–Crippen LogP) is 4.90. The summed E-state index contributed by atoms with van der Waals surface area (Å²) in [6.45, 7) is 1.63. The smallest absolute Gasteiger partial charge is 0.231 e. The third-order valence-corrected chi connectivity index (χ3v) is 4.84. The Labute approximate surface area is 163 Å². The van der Waals surface area contributed by atoms with Gasteiger partial charge in [0.05, 0.1) is 0 Å². The molecule has 5 nitrogen and oxygen atoms in total. The number of aromatic nitrogens is 3. The SMILES string of the molecule is Clc1cccc(Nc2nc(CC3CCOCC3)nc(-c3ccccc3)n2)c1. The zero-order chi connectivity index (χ0) is 18.5. The van der Waals surface area contributed by atoms with E-state index in [9.17, 15) is 0 Å². The molecule has 1 N–H and O–H groups in total. The van der Waals surface area contributed by atoms with E-state index < -0.39 is 0 Å². The molecule has 0 spiro atoms. The number of nitrogens with zero attached hydrogens (tertiary/aromatic N) is 3. The first-order valence-corrected chi connectivity index (χ1v) is 9.55. The Hall–Kier alpha value is -2.50. The van der Waals surface area contributed by atoms with Crippen LogP contribution in [0.15, 0.2) is 54.6 Å². The first kappa shape index (κ1) is 17.9. The van der Waals surface area contributed by atoms with Gasteiger partial charge in [-0.25, -0.2) is 4.98 Å². The average molecular weight is 381 g/mol. The average Bonchev–Trinajstić information content (AvgIpc) is 2.69. The second-order valence-corrected chi connectivity index (χ2v) is 7.10. The molecule has 1 aliphatic heterocycles. The van der Waals surface area contributed by atoms with Crippen molar-refractivity contribution >= 4 is 23.2 Å². The van der Waals surface area contributed by atoms with Gasteiger partial charge in [-0.1, -0.05) is 48.0 Å². The number of hydrogen-bond acceptors (Lipinski definition) is 5. The minimum absolute atomic E-state index is 0.535. The van der Waals surface area contributed by atoms with Crippen LogP contribution in [0.5, 0.6) is 0 Å². The molecule has 6 heteroatoms. The van der Waals surface area contributed by atoms with Crippen molar-refractivity contribution in [3.63, 3.8) is 0 Å². The highest BCUT2D eigenvalue weighted by Gasteiger charge is 2.17. The van der Waals surface area contributed by atoms with Gasteiger partial charge in [-0.2, -0.15) is 9.97 Å². The molecular weight excluding hydrogens is 360 g/mol. The summed E-state index contributed by atoms with van der Waals surface area (Å²) >= 11 is 6.09. The fourth-order valence-corrected chi connectivity index (χ4v) is 3.38. The van der Waals surface area contributed by atoms with Gasteiger partial charge < -0.3 is 10.1 Å². The number of anilines is 2. The lowest BCUT2D eigenvalue weighted by atomic mass is 9.96. The van der Waals surface area contributed by atoms with E-state index in [1.807, 2.05) is 54.6 Å². The largest absolute Gasteiger partial charge is 0.381 e. The van der Waals surface area contributed by atoms with Gasteiger partial charge in [0.15, 0.2) is 5.82 Å². The minimum Gasteiger partial charge on any atom is -0.381 e. The maximum Gasteiger partial charge on any atom is 0.231 e. The van der Waals surface area contributed by atoms with Crippen molar-refractivity contribution in [2.45, 2.75) is 19.3 Å². The van der Waals surface area contributed by atoms with E-state index in [0.29, 0.717) is 22.7 Å². The van der Waals surface area contributed by atoms with Crippen molar-refractivity contribution in [3.8, 4) is 11.4 Å². The van der Waals surface area contributed by atoms with Crippen LogP contribution in [0.4, 0.5) is 11.6 Å². The van der Waals surface area contributed by atoms with Gasteiger partial charge in [-0.05, 0) is 37.0 Å². The lowest BCUT2D eigenvalue weighted by Crippen LogP contribution is -2.19. The molecule has 0 aliphatic carbocycles. The van der Waals surface area contributed by atoms with Gasteiger partial charge in [0.25, 0.3) is 0 Å². The number of benzene rings is 2. The molecule has 0 saturated carbocycles. The first-order valence-electron chi connectivity index (χ1n) is 9.17. The third-order valence-electron chi connectivity index (χ3n) is 4.61. The van der Waals surface area contributed by atoms with Crippen LogP contribution in [-0.4, -0.2) is 28.2 Å². The summed E-state index contributed by atoms with van der Waals surface area (Å²) in [5.74, 6) is 2.56. The van der Waals surface area contributed by atoms with Crippen LogP contribution in [0.3, 0.4) is 0 Å². The predicted molar refractivity (Wildman–Crippen MR) is 107 cm³/mol. The van der Waals surface area contributed by atoms with E-state index >= 15 is 0 Å². The molecule has 27 heavy (non-hydrogen) atoms. The Bertz CT molecular complexity index is 898. The van der Waals surface area contributed by atoms with E-state index in [1.54, 1.807) is 0 Å².